The third-order valence-electron chi connectivity index (χ3n) is 2.38. The van der Waals surface area contributed by atoms with Crippen LogP contribution in [0.2, 0.25) is 0 Å². The van der Waals surface area contributed by atoms with Gasteiger partial charge in [-0.3, -0.25) is 4.79 Å². The zero-order chi connectivity index (χ0) is 12.7. The minimum atomic E-state index is 0.0333. The lowest BCUT2D eigenvalue weighted by Gasteiger charge is -2.16. The first kappa shape index (κ1) is 13.5. The Kier molecular flexibility index (Phi) is 5.49. The summed E-state index contributed by atoms with van der Waals surface area (Å²) in [6.45, 7) is 2.61. The number of aldehydes is 1. The largest absolute Gasteiger partial charge is 0.493 e. The summed E-state index contributed by atoms with van der Waals surface area (Å²) in [5, 5.41) is 0. The maximum Gasteiger partial charge on any atom is 0.161 e. The van der Waals surface area contributed by atoms with Gasteiger partial charge in [-0.15, -0.1) is 0 Å². The van der Waals surface area contributed by atoms with Crippen LogP contribution in [0.5, 0.6) is 11.5 Å². The predicted octanol–water partition coefficient (Wildman–Crippen LogP) is 2.31. The van der Waals surface area contributed by atoms with E-state index >= 15 is 0 Å². The van der Waals surface area contributed by atoms with Crippen LogP contribution in [0.1, 0.15) is 23.7 Å². The van der Waals surface area contributed by atoms with E-state index < -0.39 is 0 Å². The fraction of sp³-hybridized carbons (Fsp3) is 0.462. The molecule has 0 aliphatic rings. The lowest BCUT2D eigenvalue weighted by Crippen LogP contribution is -2.14. The number of ether oxygens (including phenoxy) is 3. The zero-order valence-electron chi connectivity index (χ0n) is 10.4. The van der Waals surface area contributed by atoms with Gasteiger partial charge in [0.1, 0.15) is 6.29 Å². The zero-order valence-corrected chi connectivity index (χ0v) is 10.4. The standard InChI is InChI=1S/C13H18O4/c1-10(6-7-15-2)17-12-5-4-11(9-14)8-13(12)16-3/h4-5,8-10H,6-7H2,1-3H3. The SMILES string of the molecule is COCCC(C)Oc1ccc(C=O)cc1OC. The maximum atomic E-state index is 10.6. The highest BCUT2D eigenvalue weighted by atomic mass is 16.5. The van der Waals surface area contributed by atoms with Gasteiger partial charge in [-0.25, -0.2) is 0 Å². The van der Waals surface area contributed by atoms with Gasteiger partial charge in [0.15, 0.2) is 11.5 Å². The van der Waals surface area contributed by atoms with Crippen LogP contribution >= 0.6 is 0 Å². The quantitative estimate of drug-likeness (QED) is 0.684. The van der Waals surface area contributed by atoms with Gasteiger partial charge in [0.25, 0.3) is 0 Å². The summed E-state index contributed by atoms with van der Waals surface area (Å²) in [4.78, 5) is 10.6. The average molecular weight is 238 g/mol. The van der Waals surface area contributed by atoms with Gasteiger partial charge in [-0.1, -0.05) is 0 Å². The summed E-state index contributed by atoms with van der Waals surface area (Å²) in [7, 11) is 3.21. The predicted molar refractivity (Wildman–Crippen MR) is 65.0 cm³/mol. The molecule has 1 rings (SSSR count). The van der Waals surface area contributed by atoms with Crippen LogP contribution in [0, 0.1) is 0 Å². The van der Waals surface area contributed by atoms with Gasteiger partial charge in [0.2, 0.25) is 0 Å². The molecule has 0 aliphatic carbocycles. The third-order valence-corrected chi connectivity index (χ3v) is 2.38. The van der Waals surface area contributed by atoms with E-state index in [4.69, 9.17) is 14.2 Å². The number of benzene rings is 1. The highest BCUT2D eigenvalue weighted by Gasteiger charge is 2.09. The van der Waals surface area contributed by atoms with Crippen LogP contribution in [0.4, 0.5) is 0 Å². The van der Waals surface area contributed by atoms with Gasteiger partial charge in [0, 0.05) is 25.7 Å². The Morgan fingerprint density at radius 1 is 1.29 bits per heavy atom. The molecule has 4 nitrogen and oxygen atoms in total. The first-order valence-electron chi connectivity index (χ1n) is 5.50. The van der Waals surface area contributed by atoms with Crippen molar-refractivity contribution < 1.29 is 19.0 Å². The first-order chi connectivity index (χ1) is 8.21. The molecule has 0 heterocycles. The summed E-state index contributed by atoms with van der Waals surface area (Å²) < 4.78 is 15.9. The molecule has 94 valence electrons. The van der Waals surface area contributed by atoms with Crippen LogP contribution in [0.3, 0.4) is 0 Å². The molecule has 4 heteroatoms. The number of hydrogen-bond donors (Lipinski definition) is 0. The van der Waals surface area contributed by atoms with Gasteiger partial charge in [-0.05, 0) is 25.1 Å². The van der Waals surface area contributed by atoms with E-state index in [2.05, 4.69) is 0 Å². The van der Waals surface area contributed by atoms with Crippen LogP contribution in [0.15, 0.2) is 18.2 Å². The van der Waals surface area contributed by atoms with Gasteiger partial charge < -0.3 is 14.2 Å². The molecule has 0 N–H and O–H groups in total. The summed E-state index contributed by atoms with van der Waals surface area (Å²) >= 11 is 0. The average Bonchev–Trinajstić information content (AvgIpc) is 2.36. The topological polar surface area (TPSA) is 44.8 Å². The van der Waals surface area contributed by atoms with E-state index in [1.165, 1.54) is 0 Å². The molecule has 0 saturated carbocycles. The number of rotatable bonds is 7. The van der Waals surface area contributed by atoms with E-state index in [0.29, 0.717) is 23.7 Å². The Balaban J connectivity index is 2.72. The number of carbonyl (C=O) groups is 1. The van der Waals surface area contributed by atoms with Crippen molar-refractivity contribution in [3.63, 3.8) is 0 Å². The second-order valence-corrected chi connectivity index (χ2v) is 3.74. The summed E-state index contributed by atoms with van der Waals surface area (Å²) in [5.41, 5.74) is 0.568. The normalized spacial score (nSPS) is 11.9. The van der Waals surface area contributed by atoms with Crippen molar-refractivity contribution in [3.05, 3.63) is 23.8 Å². The molecule has 1 aromatic carbocycles. The Labute approximate surface area is 101 Å². The van der Waals surface area contributed by atoms with E-state index in [1.54, 1.807) is 32.4 Å². The highest BCUT2D eigenvalue weighted by molar-refractivity contribution is 5.76. The van der Waals surface area contributed by atoms with Crippen LogP contribution in [-0.2, 0) is 4.74 Å². The van der Waals surface area contributed by atoms with Crippen molar-refractivity contribution in [2.75, 3.05) is 20.8 Å². The molecular weight excluding hydrogens is 220 g/mol. The molecule has 0 radical (unpaired) electrons. The van der Waals surface area contributed by atoms with Crippen molar-refractivity contribution in [1.82, 2.24) is 0 Å². The Morgan fingerprint density at radius 3 is 2.65 bits per heavy atom. The molecule has 0 spiro atoms. The van der Waals surface area contributed by atoms with Gasteiger partial charge in [-0.2, -0.15) is 0 Å². The molecule has 0 aliphatic heterocycles. The minimum Gasteiger partial charge on any atom is -0.493 e. The highest BCUT2D eigenvalue weighted by Crippen LogP contribution is 2.28. The molecule has 17 heavy (non-hydrogen) atoms. The number of methoxy groups -OCH3 is 2. The summed E-state index contributed by atoms with van der Waals surface area (Å²) in [6.07, 6.45) is 1.61. The van der Waals surface area contributed by atoms with Gasteiger partial charge >= 0.3 is 0 Å². The van der Waals surface area contributed by atoms with Crippen LogP contribution in [-0.4, -0.2) is 33.2 Å². The fourth-order valence-corrected chi connectivity index (χ4v) is 1.41. The molecule has 0 amide bonds. The molecule has 1 unspecified atom stereocenters. The lowest BCUT2D eigenvalue weighted by molar-refractivity contribution is 0.112. The third kappa shape index (κ3) is 4.07. The number of hydrogen-bond acceptors (Lipinski definition) is 4. The van der Waals surface area contributed by atoms with E-state index in [9.17, 15) is 4.79 Å². The molecule has 0 saturated heterocycles. The lowest BCUT2D eigenvalue weighted by atomic mass is 10.2. The van der Waals surface area contributed by atoms with E-state index in [-0.39, 0.29) is 6.10 Å². The fourth-order valence-electron chi connectivity index (χ4n) is 1.41. The summed E-state index contributed by atoms with van der Waals surface area (Å²) in [6, 6.07) is 5.10. The Bertz CT molecular complexity index is 362. The molecule has 0 aromatic heterocycles. The molecule has 1 atom stereocenters. The summed E-state index contributed by atoms with van der Waals surface area (Å²) in [5.74, 6) is 1.21. The van der Waals surface area contributed by atoms with Crippen molar-refractivity contribution in [2.24, 2.45) is 0 Å². The van der Waals surface area contributed by atoms with Gasteiger partial charge in [0.05, 0.1) is 13.2 Å². The second-order valence-electron chi connectivity index (χ2n) is 3.74. The molecule has 1 aromatic rings. The van der Waals surface area contributed by atoms with E-state index in [0.717, 1.165) is 12.7 Å². The second kappa shape index (κ2) is 6.91. The first-order valence-corrected chi connectivity index (χ1v) is 5.50. The maximum absolute atomic E-state index is 10.6. The van der Waals surface area contributed by atoms with E-state index in [1.807, 2.05) is 6.92 Å². The van der Waals surface area contributed by atoms with Crippen molar-refractivity contribution in [1.29, 1.82) is 0 Å². The van der Waals surface area contributed by atoms with Crippen molar-refractivity contribution in [2.45, 2.75) is 19.4 Å². The van der Waals surface area contributed by atoms with Crippen LogP contribution in [0.25, 0.3) is 0 Å². The smallest absolute Gasteiger partial charge is 0.161 e. The molecular formula is C13H18O4. The van der Waals surface area contributed by atoms with Crippen LogP contribution < -0.4 is 9.47 Å². The Hall–Kier alpha value is -1.55. The monoisotopic (exact) mass is 238 g/mol. The molecule has 0 bridgehead atoms. The minimum absolute atomic E-state index is 0.0333. The number of carbonyl (C=O) groups excluding carboxylic acids is 1. The molecule has 0 fully saturated rings. The Morgan fingerprint density at radius 2 is 2.06 bits per heavy atom. The van der Waals surface area contributed by atoms with Crippen molar-refractivity contribution in [3.8, 4) is 11.5 Å². The van der Waals surface area contributed by atoms with Crippen molar-refractivity contribution >= 4 is 6.29 Å².